The zero-order valence-corrected chi connectivity index (χ0v) is 17.4. The van der Waals surface area contributed by atoms with Gasteiger partial charge in [-0.05, 0) is 0 Å². The minimum Gasteiger partial charge on any atom is -0.329 e. The Labute approximate surface area is 177 Å². The maximum Gasteiger partial charge on any atom is 3.00 e. The molecule has 0 saturated carbocycles. The summed E-state index contributed by atoms with van der Waals surface area (Å²) in [7, 11) is -14.8. The van der Waals surface area contributed by atoms with Crippen LogP contribution in [0.15, 0.2) is 0 Å². The summed E-state index contributed by atoms with van der Waals surface area (Å²) in [6.45, 7) is 3.58. The zero-order chi connectivity index (χ0) is 23.7. The van der Waals surface area contributed by atoms with E-state index in [2.05, 4.69) is 0 Å². The first-order valence-corrected chi connectivity index (χ1v) is 9.50. The smallest absolute Gasteiger partial charge is 0.329 e. The molecule has 18 nitrogen and oxygen atoms in total. The first-order chi connectivity index (χ1) is 11.7. The van der Waals surface area contributed by atoms with Crippen LogP contribution in [0.2, 0.25) is 0 Å². The molecule has 0 saturated heterocycles. The van der Waals surface area contributed by atoms with Crippen molar-refractivity contribution in [3.05, 3.63) is 0 Å². The van der Waals surface area contributed by atoms with Crippen molar-refractivity contribution in [1.29, 1.82) is 0 Å². The summed E-state index contributed by atoms with van der Waals surface area (Å²) in [5.41, 5.74) is 29.4. The molecule has 0 aliphatic heterocycles. The van der Waals surface area contributed by atoms with Crippen LogP contribution in [0.1, 0.15) is 0 Å². The van der Waals surface area contributed by atoms with E-state index in [0.717, 1.165) is 0 Å². The Morgan fingerprint density at radius 2 is 0.357 bits per heavy atom. The fourth-order valence-corrected chi connectivity index (χ4v) is 0. The van der Waals surface area contributed by atoms with Crippen LogP contribution in [0.25, 0.3) is 0 Å². The van der Waals surface area contributed by atoms with E-state index < -0.39 is 30.7 Å². The molecule has 180 valence electrons. The van der Waals surface area contributed by atoms with Crippen LogP contribution in [0, 0.1) is 30.7 Å². The van der Waals surface area contributed by atoms with Crippen molar-refractivity contribution in [2.24, 2.45) is 34.4 Å². The molecule has 0 radical (unpaired) electrons. The molecule has 0 fully saturated rings. The van der Waals surface area contributed by atoms with Gasteiger partial charge in [-0.15, -0.1) is 30.7 Å². The molecule has 0 aliphatic rings. The van der Waals surface area contributed by atoms with Gasteiger partial charge in [0.25, 0.3) is 0 Å². The van der Waals surface area contributed by atoms with Crippen LogP contribution in [0.5, 0.6) is 0 Å². The van der Waals surface area contributed by atoms with Crippen molar-refractivity contribution >= 4 is 0 Å². The van der Waals surface area contributed by atoms with Crippen molar-refractivity contribution in [3.8, 4) is 0 Å². The molecule has 0 aromatic rings. The van der Waals surface area contributed by atoms with Gasteiger partial charge in [0.15, 0.2) is 0 Å². The normalized spacial score (nSPS) is 9.64. The molecule has 0 atom stereocenters. The van der Waals surface area contributed by atoms with Gasteiger partial charge in [-0.1, -0.05) is 0 Å². The molecule has 0 unspecified atom stereocenters. The predicted octanol–water partition coefficient (Wildman–Crippen LogP) is -17.6. The molecule has 0 bridgehead atoms. The number of rotatable bonds is 3. The largest absolute Gasteiger partial charge is 3.00 e. The number of nitrogens with two attached hydrogens (primary N) is 6. The second-order valence-electron chi connectivity index (χ2n) is 2.87. The van der Waals surface area contributed by atoms with E-state index in [1.165, 1.54) is 0 Å². The molecule has 12 N–H and O–H groups in total. The Balaban J connectivity index is -0.0000000377. The second kappa shape index (κ2) is 32.3. The molecule has 0 aliphatic carbocycles. The van der Waals surface area contributed by atoms with Crippen LogP contribution < -0.4 is 90.3 Å². The minimum atomic E-state index is -4.94. The number of halogens is 3. The Hall–Kier alpha value is 0.656. The molecule has 0 heterocycles. The van der Waals surface area contributed by atoms with Crippen LogP contribution >= 0.6 is 0 Å². The predicted molar refractivity (Wildman–Crippen MR) is 54.3 cm³/mol. The Morgan fingerprint density at radius 1 is 0.321 bits per heavy atom. The van der Waals surface area contributed by atoms with Crippen LogP contribution in [-0.4, -0.2) is 39.3 Å². The van der Waals surface area contributed by atoms with Gasteiger partial charge in [-0.3, -0.25) is 0 Å². The zero-order valence-electron chi connectivity index (χ0n) is 14.1. The van der Waals surface area contributed by atoms with Gasteiger partial charge in [-0.25, -0.2) is 55.9 Å². The van der Waals surface area contributed by atoms with Gasteiger partial charge in [0, 0.05) is 39.3 Å². The average molecular weight is 538 g/mol. The molecule has 0 spiro atoms. The maximum absolute atomic E-state index is 8.49. The van der Waals surface area contributed by atoms with Crippen molar-refractivity contribution in [2.75, 3.05) is 39.3 Å². The van der Waals surface area contributed by atoms with Crippen molar-refractivity contribution in [1.82, 2.24) is 0 Å². The third kappa shape index (κ3) is 1310. The summed E-state index contributed by atoms with van der Waals surface area (Å²) in [6.07, 6.45) is 0. The topological polar surface area (TPSA) is 433 Å². The summed E-state index contributed by atoms with van der Waals surface area (Å²) in [5.74, 6) is 0. The van der Waals surface area contributed by atoms with E-state index >= 15 is 0 Å². The van der Waals surface area contributed by atoms with Gasteiger partial charge in [0.2, 0.25) is 0 Å². The standard InChI is InChI=1S/3C2H8N2.3ClHO4.Co/c3*3-1-2-4;3*2-1(3,4)5;/h3*1-4H2;3*(H,2,3,4,5);/q;;;;;;+3/p-3. The number of hydrogen-bond donors (Lipinski definition) is 6. The molecular formula is C6H24Cl3CoN6O12. The van der Waals surface area contributed by atoms with E-state index in [0.29, 0.717) is 39.3 Å². The van der Waals surface area contributed by atoms with Crippen LogP contribution in [0.4, 0.5) is 0 Å². The second-order valence-corrected chi connectivity index (χ2v) is 5.13. The van der Waals surface area contributed by atoms with E-state index in [4.69, 9.17) is 90.3 Å². The summed E-state index contributed by atoms with van der Waals surface area (Å²) in [6, 6.07) is 0. The molecule has 22 heteroatoms. The van der Waals surface area contributed by atoms with Crippen molar-refractivity contribution < 1.29 is 103 Å². The average Bonchev–Trinajstić information content (AvgIpc) is 2.42. The van der Waals surface area contributed by atoms with Crippen molar-refractivity contribution in [2.45, 2.75) is 0 Å². The molecular weight excluding hydrogens is 513 g/mol. The maximum atomic E-state index is 8.49. The third-order valence-electron chi connectivity index (χ3n) is 0.500. The first-order valence-electron chi connectivity index (χ1n) is 5.80. The first kappa shape index (κ1) is 46.7. The summed E-state index contributed by atoms with van der Waals surface area (Å²) >= 11 is 0. The van der Waals surface area contributed by atoms with Crippen molar-refractivity contribution in [3.63, 3.8) is 0 Å². The number of hydrogen-bond acceptors (Lipinski definition) is 18. The van der Waals surface area contributed by atoms with Gasteiger partial charge in [0.1, 0.15) is 0 Å². The Bertz CT molecular complexity index is 185. The fourth-order valence-electron chi connectivity index (χ4n) is 0. The molecule has 0 aromatic carbocycles. The minimum absolute atomic E-state index is 0. The van der Waals surface area contributed by atoms with E-state index in [-0.39, 0.29) is 16.8 Å². The quantitative estimate of drug-likeness (QED) is 0.194. The van der Waals surface area contributed by atoms with Gasteiger partial charge < -0.3 is 34.4 Å². The summed E-state index contributed by atoms with van der Waals surface area (Å²) in [5, 5.41) is 0. The molecule has 0 rings (SSSR count). The van der Waals surface area contributed by atoms with Crippen LogP contribution in [-0.2, 0) is 16.8 Å². The molecule has 28 heavy (non-hydrogen) atoms. The van der Waals surface area contributed by atoms with E-state index in [9.17, 15) is 0 Å². The summed E-state index contributed by atoms with van der Waals surface area (Å²) in [4.78, 5) is 0. The molecule has 0 aromatic heterocycles. The SMILES string of the molecule is NCCN.NCCN.NCCN.[Co+3].[O-][Cl+3]([O-])([O-])[O-].[O-][Cl+3]([O-])([O-])[O-].[O-][Cl+3]([O-])([O-])[O-]. The van der Waals surface area contributed by atoms with Gasteiger partial charge in [-0.2, -0.15) is 0 Å². The van der Waals surface area contributed by atoms with E-state index in [1.807, 2.05) is 0 Å². The molecule has 0 amide bonds. The third-order valence-corrected chi connectivity index (χ3v) is 0.500. The fraction of sp³-hybridized carbons (Fsp3) is 1.00. The summed E-state index contributed by atoms with van der Waals surface area (Å²) < 4.78 is 102. The van der Waals surface area contributed by atoms with Gasteiger partial charge in [0.05, 0.1) is 0 Å². The Morgan fingerprint density at radius 3 is 0.357 bits per heavy atom. The Kier molecular flexibility index (Phi) is 54.0. The van der Waals surface area contributed by atoms with Crippen LogP contribution in [0.3, 0.4) is 0 Å². The van der Waals surface area contributed by atoms with Gasteiger partial charge >= 0.3 is 16.8 Å². The monoisotopic (exact) mass is 536 g/mol. The van der Waals surface area contributed by atoms with E-state index in [1.54, 1.807) is 0 Å².